The average molecular weight is 440 g/mol. The summed E-state index contributed by atoms with van der Waals surface area (Å²) < 4.78 is 53.3. The molecule has 0 saturated heterocycles. The number of halogens is 5. The lowest BCUT2D eigenvalue weighted by molar-refractivity contribution is -0.137. The smallest absolute Gasteiger partial charge is 0.325 e. The van der Waals surface area contributed by atoms with Gasteiger partial charge >= 0.3 is 6.18 Å². The van der Waals surface area contributed by atoms with Gasteiger partial charge in [0.15, 0.2) is 0 Å². The molecule has 10 heteroatoms. The predicted molar refractivity (Wildman–Crippen MR) is 104 cm³/mol. The first kappa shape index (κ1) is 21.5. The number of hydrogen-bond acceptors (Lipinski definition) is 3. The van der Waals surface area contributed by atoms with E-state index in [4.69, 9.17) is 11.6 Å². The van der Waals surface area contributed by atoms with Crippen LogP contribution in [-0.4, -0.2) is 15.5 Å². The van der Waals surface area contributed by atoms with Crippen molar-refractivity contribution >= 4 is 23.2 Å². The molecule has 1 heterocycles. The van der Waals surface area contributed by atoms with E-state index in [1.807, 2.05) is 0 Å². The van der Waals surface area contributed by atoms with Crippen molar-refractivity contribution in [3.8, 4) is 11.4 Å². The molecule has 0 spiro atoms. The summed E-state index contributed by atoms with van der Waals surface area (Å²) >= 11 is 5.57. The van der Waals surface area contributed by atoms with Gasteiger partial charge in [-0.2, -0.15) is 13.2 Å². The molecule has 0 atom stereocenters. The fourth-order valence-electron chi connectivity index (χ4n) is 2.76. The largest absolute Gasteiger partial charge is 0.417 e. The Kier molecular flexibility index (Phi) is 5.93. The van der Waals surface area contributed by atoms with Gasteiger partial charge in [0.05, 0.1) is 10.6 Å². The highest BCUT2D eigenvalue weighted by atomic mass is 35.5. The van der Waals surface area contributed by atoms with Crippen molar-refractivity contribution in [3.05, 3.63) is 81.0 Å². The fraction of sp³-hybridized carbons (Fsp3) is 0.150. The summed E-state index contributed by atoms with van der Waals surface area (Å²) in [6.45, 7) is 1.08. The number of amides is 1. The molecular weight excluding hydrogens is 426 g/mol. The van der Waals surface area contributed by atoms with Gasteiger partial charge in [0.25, 0.3) is 5.56 Å². The Hall–Kier alpha value is -3.20. The first-order chi connectivity index (χ1) is 14.0. The van der Waals surface area contributed by atoms with Gasteiger partial charge in [-0.15, -0.1) is 0 Å². The molecule has 1 amide bonds. The van der Waals surface area contributed by atoms with Crippen LogP contribution in [0.5, 0.6) is 0 Å². The van der Waals surface area contributed by atoms with Gasteiger partial charge in [-0.1, -0.05) is 11.6 Å². The van der Waals surface area contributed by atoms with Crippen LogP contribution in [0, 0.1) is 12.7 Å². The molecule has 156 valence electrons. The Morgan fingerprint density at radius 2 is 1.80 bits per heavy atom. The number of anilines is 1. The second-order valence-corrected chi connectivity index (χ2v) is 6.80. The van der Waals surface area contributed by atoms with E-state index in [-0.39, 0.29) is 11.5 Å². The summed E-state index contributed by atoms with van der Waals surface area (Å²) in [5.74, 6) is -1.11. The lowest BCUT2D eigenvalue weighted by atomic mass is 10.2. The zero-order valence-electron chi connectivity index (χ0n) is 15.4. The van der Waals surface area contributed by atoms with Gasteiger partial charge in [0.2, 0.25) is 5.91 Å². The zero-order valence-corrected chi connectivity index (χ0v) is 16.2. The molecule has 3 aromatic rings. The number of nitrogens with one attached hydrogen (secondary N) is 1. The Bertz CT molecular complexity index is 1160. The summed E-state index contributed by atoms with van der Waals surface area (Å²) in [6, 6.07) is 9.32. The summed E-state index contributed by atoms with van der Waals surface area (Å²) in [7, 11) is 0. The normalized spacial score (nSPS) is 11.4. The third-order valence-electron chi connectivity index (χ3n) is 4.10. The highest BCUT2D eigenvalue weighted by Gasteiger charge is 2.33. The molecule has 30 heavy (non-hydrogen) atoms. The molecule has 0 bridgehead atoms. The predicted octanol–water partition coefficient (Wildman–Crippen LogP) is 4.67. The van der Waals surface area contributed by atoms with Crippen molar-refractivity contribution in [1.29, 1.82) is 0 Å². The topological polar surface area (TPSA) is 64.0 Å². The molecule has 0 aliphatic rings. The van der Waals surface area contributed by atoms with E-state index in [2.05, 4.69) is 10.3 Å². The van der Waals surface area contributed by atoms with Crippen molar-refractivity contribution in [3.63, 3.8) is 0 Å². The quantitative estimate of drug-likeness (QED) is 0.601. The van der Waals surface area contributed by atoms with E-state index in [1.54, 1.807) is 6.92 Å². The van der Waals surface area contributed by atoms with Crippen molar-refractivity contribution in [2.75, 3.05) is 5.32 Å². The van der Waals surface area contributed by atoms with Gasteiger partial charge in [-0.05, 0) is 49.4 Å². The van der Waals surface area contributed by atoms with E-state index >= 15 is 0 Å². The first-order valence-electron chi connectivity index (χ1n) is 8.55. The van der Waals surface area contributed by atoms with E-state index in [0.29, 0.717) is 17.3 Å². The molecule has 1 N–H and O–H groups in total. The Labute approximate surface area is 172 Å². The molecule has 0 radical (unpaired) electrons. The minimum absolute atomic E-state index is 0.127. The first-order valence-corrected chi connectivity index (χ1v) is 8.93. The highest BCUT2D eigenvalue weighted by molar-refractivity contribution is 6.31. The van der Waals surface area contributed by atoms with Crippen molar-refractivity contribution < 1.29 is 22.4 Å². The lowest BCUT2D eigenvalue weighted by Gasteiger charge is -2.14. The molecule has 0 aliphatic carbocycles. The summed E-state index contributed by atoms with van der Waals surface area (Å²) in [6.07, 6.45) is -4.69. The van der Waals surface area contributed by atoms with Crippen LogP contribution in [0.2, 0.25) is 5.02 Å². The van der Waals surface area contributed by atoms with E-state index in [1.165, 1.54) is 36.4 Å². The Morgan fingerprint density at radius 3 is 2.43 bits per heavy atom. The SMILES string of the molecule is Cc1cc(=O)n(CC(=O)Nc2ccc(Cl)c(C(F)(F)F)c2)c(-c2ccc(F)cc2)n1. The maximum absolute atomic E-state index is 13.2. The van der Waals surface area contributed by atoms with Gasteiger partial charge < -0.3 is 5.32 Å². The Morgan fingerprint density at radius 1 is 1.13 bits per heavy atom. The average Bonchev–Trinajstić information content (AvgIpc) is 2.65. The van der Waals surface area contributed by atoms with Crippen LogP contribution >= 0.6 is 11.6 Å². The number of aromatic nitrogens is 2. The standard InChI is InChI=1S/C20H14ClF4N3O2/c1-11-8-18(30)28(19(26-11)12-2-4-13(22)5-3-12)10-17(29)27-14-6-7-16(21)15(9-14)20(23,24)25/h2-9H,10H2,1H3,(H,27,29). The number of rotatable bonds is 4. The van der Waals surface area contributed by atoms with E-state index < -0.39 is 40.6 Å². The molecule has 2 aromatic carbocycles. The van der Waals surface area contributed by atoms with Gasteiger partial charge in [0, 0.05) is 23.0 Å². The third-order valence-corrected chi connectivity index (χ3v) is 4.43. The molecular formula is C20H14ClF4N3O2. The molecule has 5 nitrogen and oxygen atoms in total. The number of alkyl halides is 3. The highest BCUT2D eigenvalue weighted by Crippen LogP contribution is 2.36. The Balaban J connectivity index is 1.91. The molecule has 0 fully saturated rings. The molecule has 1 aromatic heterocycles. The number of benzene rings is 2. The van der Waals surface area contributed by atoms with Gasteiger partial charge in [-0.25, -0.2) is 9.37 Å². The van der Waals surface area contributed by atoms with Gasteiger partial charge in [-0.3, -0.25) is 14.2 Å². The minimum Gasteiger partial charge on any atom is -0.325 e. The maximum Gasteiger partial charge on any atom is 0.417 e. The molecule has 0 aliphatic heterocycles. The van der Waals surface area contributed by atoms with Crippen LogP contribution in [0.25, 0.3) is 11.4 Å². The van der Waals surface area contributed by atoms with Crippen LogP contribution in [-0.2, 0) is 17.5 Å². The van der Waals surface area contributed by atoms with Crippen LogP contribution in [0.1, 0.15) is 11.3 Å². The van der Waals surface area contributed by atoms with E-state index in [9.17, 15) is 27.2 Å². The van der Waals surface area contributed by atoms with Crippen LogP contribution < -0.4 is 10.9 Å². The fourth-order valence-corrected chi connectivity index (χ4v) is 2.98. The monoisotopic (exact) mass is 439 g/mol. The van der Waals surface area contributed by atoms with Crippen molar-refractivity contribution in [2.24, 2.45) is 0 Å². The van der Waals surface area contributed by atoms with Crippen LogP contribution in [0.15, 0.2) is 53.3 Å². The maximum atomic E-state index is 13.2. The second-order valence-electron chi connectivity index (χ2n) is 6.39. The van der Waals surface area contributed by atoms with Crippen molar-refractivity contribution in [2.45, 2.75) is 19.6 Å². The number of carbonyl (C=O) groups excluding carboxylic acids is 1. The number of aryl methyl sites for hydroxylation is 1. The molecule has 0 unspecified atom stereocenters. The summed E-state index contributed by atoms with van der Waals surface area (Å²) in [5.41, 5.74) is -0.972. The number of hydrogen-bond donors (Lipinski definition) is 1. The summed E-state index contributed by atoms with van der Waals surface area (Å²) in [5, 5.41) is 1.81. The molecule has 0 saturated carbocycles. The zero-order chi connectivity index (χ0) is 22.1. The number of carbonyl (C=O) groups is 1. The second kappa shape index (κ2) is 8.27. The minimum atomic E-state index is -4.69. The van der Waals surface area contributed by atoms with Crippen LogP contribution in [0.3, 0.4) is 0 Å². The van der Waals surface area contributed by atoms with Gasteiger partial charge in [0.1, 0.15) is 18.2 Å². The van der Waals surface area contributed by atoms with Crippen molar-refractivity contribution in [1.82, 2.24) is 9.55 Å². The number of nitrogens with zero attached hydrogens (tertiary/aromatic N) is 2. The van der Waals surface area contributed by atoms with E-state index in [0.717, 1.165) is 10.6 Å². The van der Waals surface area contributed by atoms with Crippen LogP contribution in [0.4, 0.5) is 23.2 Å². The third kappa shape index (κ3) is 4.85. The lowest BCUT2D eigenvalue weighted by Crippen LogP contribution is -2.29. The summed E-state index contributed by atoms with van der Waals surface area (Å²) in [4.78, 5) is 29.1. The molecule has 3 rings (SSSR count).